The second-order valence-electron chi connectivity index (χ2n) is 8.39. The Kier molecular flexibility index (Phi) is 5.96. The number of nitrogens with zero attached hydrogens (tertiary/aromatic N) is 2. The van der Waals surface area contributed by atoms with Crippen LogP contribution in [0.25, 0.3) is 10.8 Å². The first-order valence-corrected chi connectivity index (χ1v) is 12.7. The number of benzene rings is 3. The van der Waals surface area contributed by atoms with E-state index in [9.17, 15) is 13.5 Å². The van der Waals surface area contributed by atoms with Crippen molar-refractivity contribution in [1.29, 1.82) is 0 Å². The fourth-order valence-corrected chi connectivity index (χ4v) is 6.39. The zero-order chi connectivity index (χ0) is 22.3. The second-order valence-corrected chi connectivity index (χ2v) is 10.5. The van der Waals surface area contributed by atoms with Crippen LogP contribution in [0.4, 0.5) is 0 Å². The quantitative estimate of drug-likeness (QED) is 0.577. The van der Waals surface area contributed by atoms with E-state index in [0.29, 0.717) is 11.6 Å². The number of hydrogen-bond acceptors (Lipinski definition) is 5. The van der Waals surface area contributed by atoms with Crippen LogP contribution in [-0.2, 0) is 10.0 Å². The SMILES string of the molecule is O=S(=O)(NC1c2cccc3cccc(c23)C1N1CCN(CCO)CC1)c1ccc(Cl)cc1. The molecule has 0 spiro atoms. The summed E-state index contributed by atoms with van der Waals surface area (Å²) in [5, 5.41) is 12.0. The highest BCUT2D eigenvalue weighted by Gasteiger charge is 2.41. The average molecular weight is 472 g/mol. The monoisotopic (exact) mass is 471 g/mol. The van der Waals surface area contributed by atoms with Crippen LogP contribution in [0.2, 0.25) is 5.02 Å². The maximum absolute atomic E-state index is 13.3. The van der Waals surface area contributed by atoms with E-state index in [0.717, 1.165) is 48.1 Å². The number of sulfonamides is 1. The summed E-state index contributed by atoms with van der Waals surface area (Å²) >= 11 is 5.96. The van der Waals surface area contributed by atoms with Crippen LogP contribution in [-0.4, -0.2) is 62.7 Å². The molecule has 32 heavy (non-hydrogen) atoms. The zero-order valence-electron chi connectivity index (χ0n) is 17.6. The molecule has 5 rings (SSSR count). The number of aliphatic hydroxyl groups is 1. The molecule has 1 heterocycles. The van der Waals surface area contributed by atoms with Gasteiger partial charge < -0.3 is 5.11 Å². The van der Waals surface area contributed by atoms with E-state index in [2.05, 4.69) is 32.7 Å². The number of halogens is 1. The molecular weight excluding hydrogens is 446 g/mol. The summed E-state index contributed by atoms with van der Waals surface area (Å²) in [6.07, 6.45) is 0. The van der Waals surface area contributed by atoms with Crippen molar-refractivity contribution in [2.75, 3.05) is 39.3 Å². The molecule has 0 saturated carbocycles. The maximum Gasteiger partial charge on any atom is 0.241 e. The third-order valence-corrected chi connectivity index (χ3v) is 8.27. The molecule has 168 valence electrons. The Morgan fingerprint density at radius 2 is 1.59 bits per heavy atom. The molecule has 1 aliphatic heterocycles. The number of hydrogen-bond donors (Lipinski definition) is 2. The molecule has 0 bridgehead atoms. The third kappa shape index (κ3) is 3.94. The highest BCUT2D eigenvalue weighted by Crippen LogP contribution is 2.47. The molecule has 1 aliphatic carbocycles. The van der Waals surface area contributed by atoms with Crippen LogP contribution in [0.15, 0.2) is 65.6 Å². The molecule has 0 amide bonds. The highest BCUT2D eigenvalue weighted by atomic mass is 35.5. The summed E-state index contributed by atoms with van der Waals surface area (Å²) in [6, 6.07) is 18.1. The van der Waals surface area contributed by atoms with Crippen molar-refractivity contribution in [3.05, 3.63) is 76.8 Å². The standard InChI is InChI=1S/C24H26ClN3O3S/c25-18-7-9-19(10-8-18)32(30,31)26-23-20-5-1-3-17-4-2-6-21(22(17)20)24(23)28-13-11-27(12-14-28)15-16-29/h1-10,23-24,26,29H,11-16H2. The minimum absolute atomic E-state index is 0.0885. The molecule has 1 fully saturated rings. The summed E-state index contributed by atoms with van der Waals surface area (Å²) in [6.45, 7) is 4.14. The molecule has 2 atom stereocenters. The van der Waals surface area contributed by atoms with Crippen LogP contribution in [0.1, 0.15) is 23.2 Å². The van der Waals surface area contributed by atoms with E-state index < -0.39 is 10.0 Å². The summed E-state index contributed by atoms with van der Waals surface area (Å²) in [5.74, 6) is 0. The minimum Gasteiger partial charge on any atom is -0.395 e. The predicted octanol–water partition coefficient (Wildman–Crippen LogP) is 3.18. The average Bonchev–Trinajstić information content (AvgIpc) is 3.10. The lowest BCUT2D eigenvalue weighted by atomic mass is 10.0. The Hall–Kier alpha value is -2.00. The normalized spacial score (nSPS) is 21.9. The second kappa shape index (κ2) is 8.74. The van der Waals surface area contributed by atoms with E-state index in [1.807, 2.05) is 18.2 Å². The Balaban J connectivity index is 1.52. The van der Waals surface area contributed by atoms with Crippen molar-refractivity contribution in [2.24, 2.45) is 0 Å². The lowest BCUT2D eigenvalue weighted by Gasteiger charge is -2.40. The van der Waals surface area contributed by atoms with E-state index in [-0.39, 0.29) is 23.6 Å². The topological polar surface area (TPSA) is 72.9 Å². The van der Waals surface area contributed by atoms with Crippen molar-refractivity contribution < 1.29 is 13.5 Å². The molecule has 2 unspecified atom stereocenters. The number of β-amino-alcohol motifs (C(OH)–C–C–N with tert-alkyl or cyclic N) is 1. The van der Waals surface area contributed by atoms with E-state index >= 15 is 0 Å². The Bertz CT molecular complexity index is 1220. The largest absolute Gasteiger partial charge is 0.395 e. The maximum atomic E-state index is 13.3. The first-order chi connectivity index (χ1) is 15.5. The number of piperazine rings is 1. The van der Waals surface area contributed by atoms with Crippen molar-refractivity contribution >= 4 is 32.4 Å². The molecule has 3 aromatic rings. The van der Waals surface area contributed by atoms with Gasteiger partial charge in [0.15, 0.2) is 0 Å². The zero-order valence-corrected chi connectivity index (χ0v) is 19.2. The first kappa shape index (κ1) is 21.8. The van der Waals surface area contributed by atoms with Crippen molar-refractivity contribution in [3.63, 3.8) is 0 Å². The van der Waals surface area contributed by atoms with Crippen molar-refractivity contribution in [3.8, 4) is 0 Å². The molecule has 3 aromatic carbocycles. The lowest BCUT2D eigenvalue weighted by molar-refractivity contribution is 0.0743. The molecule has 0 radical (unpaired) electrons. The summed E-state index contributed by atoms with van der Waals surface area (Å²) < 4.78 is 29.7. The number of aliphatic hydroxyl groups excluding tert-OH is 1. The molecular formula is C24H26ClN3O3S. The predicted molar refractivity (Wildman–Crippen MR) is 126 cm³/mol. The Morgan fingerprint density at radius 3 is 2.25 bits per heavy atom. The fourth-order valence-electron chi connectivity index (χ4n) is 5.05. The van der Waals surface area contributed by atoms with Gasteiger partial charge in [0.05, 0.1) is 23.6 Å². The molecule has 2 N–H and O–H groups in total. The Morgan fingerprint density at radius 1 is 0.938 bits per heavy atom. The number of nitrogens with one attached hydrogen (secondary N) is 1. The molecule has 6 nitrogen and oxygen atoms in total. The fraction of sp³-hybridized carbons (Fsp3) is 0.333. The van der Waals surface area contributed by atoms with Gasteiger partial charge in [0.25, 0.3) is 0 Å². The minimum atomic E-state index is -3.74. The summed E-state index contributed by atoms with van der Waals surface area (Å²) in [5.41, 5.74) is 2.18. The molecule has 2 aliphatic rings. The lowest BCUT2D eigenvalue weighted by Crippen LogP contribution is -2.50. The Labute approximate surface area is 193 Å². The molecule has 8 heteroatoms. The van der Waals surface area contributed by atoms with Crippen LogP contribution in [0.3, 0.4) is 0 Å². The highest BCUT2D eigenvalue weighted by molar-refractivity contribution is 7.89. The number of rotatable bonds is 6. The van der Waals surface area contributed by atoms with E-state index in [4.69, 9.17) is 11.6 Å². The van der Waals surface area contributed by atoms with Gasteiger partial charge in [-0.1, -0.05) is 48.0 Å². The van der Waals surface area contributed by atoms with Gasteiger partial charge in [0.1, 0.15) is 0 Å². The van der Waals surface area contributed by atoms with Crippen molar-refractivity contribution in [1.82, 2.24) is 14.5 Å². The summed E-state index contributed by atoms with van der Waals surface area (Å²) in [7, 11) is -3.74. The van der Waals surface area contributed by atoms with Crippen LogP contribution >= 0.6 is 11.6 Å². The van der Waals surface area contributed by atoms with E-state index in [1.165, 1.54) is 12.1 Å². The van der Waals surface area contributed by atoms with Gasteiger partial charge in [-0.25, -0.2) is 13.1 Å². The van der Waals surface area contributed by atoms with Crippen LogP contribution in [0, 0.1) is 0 Å². The summed E-state index contributed by atoms with van der Waals surface area (Å²) in [4.78, 5) is 4.82. The van der Waals surface area contributed by atoms with E-state index in [1.54, 1.807) is 12.1 Å². The van der Waals surface area contributed by atoms with Gasteiger partial charge in [-0.2, -0.15) is 0 Å². The third-order valence-electron chi connectivity index (χ3n) is 6.56. The van der Waals surface area contributed by atoms with Gasteiger partial charge >= 0.3 is 0 Å². The smallest absolute Gasteiger partial charge is 0.241 e. The molecule has 1 saturated heterocycles. The van der Waals surface area contributed by atoms with Crippen LogP contribution in [0.5, 0.6) is 0 Å². The van der Waals surface area contributed by atoms with Gasteiger partial charge in [-0.15, -0.1) is 0 Å². The van der Waals surface area contributed by atoms with Gasteiger partial charge in [0, 0.05) is 37.7 Å². The molecule has 0 aromatic heterocycles. The van der Waals surface area contributed by atoms with Gasteiger partial charge in [0.2, 0.25) is 10.0 Å². The first-order valence-electron chi connectivity index (χ1n) is 10.8. The van der Waals surface area contributed by atoms with Gasteiger partial charge in [-0.05, 0) is 46.2 Å². The van der Waals surface area contributed by atoms with Crippen LogP contribution < -0.4 is 4.72 Å². The van der Waals surface area contributed by atoms with Gasteiger partial charge in [-0.3, -0.25) is 9.80 Å². The van der Waals surface area contributed by atoms with Crippen molar-refractivity contribution in [2.45, 2.75) is 17.0 Å².